The highest BCUT2D eigenvalue weighted by molar-refractivity contribution is 5.85. The number of esters is 1. The number of hydrogen-bond acceptors (Lipinski definition) is 6. The van der Waals surface area contributed by atoms with Crippen molar-refractivity contribution in [1.82, 2.24) is 10.0 Å². The molecule has 0 N–H and O–H groups in total. The van der Waals surface area contributed by atoms with Gasteiger partial charge in [0, 0.05) is 0 Å². The smallest absolute Gasteiger partial charge is 0.430 e. The van der Waals surface area contributed by atoms with Crippen molar-refractivity contribution in [2.45, 2.75) is 77.7 Å². The molecular weight excluding hydrogens is 328 g/mol. The molecule has 0 spiro atoms. The van der Waals surface area contributed by atoms with Crippen LogP contribution in [0.4, 0.5) is 9.59 Å². The minimum Gasteiger partial charge on any atom is -0.467 e. The molecule has 3 rings (SSSR count). The molecule has 2 aliphatic heterocycles. The normalized spacial score (nSPS) is 25.8. The van der Waals surface area contributed by atoms with Crippen LogP contribution in [0.5, 0.6) is 0 Å². The van der Waals surface area contributed by atoms with Crippen LogP contribution in [0, 0.1) is 5.92 Å². The summed E-state index contributed by atoms with van der Waals surface area (Å²) in [4.78, 5) is 37.7. The van der Waals surface area contributed by atoms with Crippen molar-refractivity contribution in [2.24, 2.45) is 5.92 Å². The van der Waals surface area contributed by atoms with E-state index in [4.69, 9.17) is 14.2 Å². The number of hydrogen-bond donors (Lipinski definition) is 0. The molecule has 0 aromatic carbocycles. The summed E-state index contributed by atoms with van der Waals surface area (Å²) in [5, 5.41) is 2.30. The van der Waals surface area contributed by atoms with Gasteiger partial charge in [0.25, 0.3) is 0 Å². The first-order valence-electron chi connectivity index (χ1n) is 8.46. The van der Waals surface area contributed by atoms with Crippen LogP contribution < -0.4 is 0 Å². The number of carbonyl (C=O) groups is 3. The SMILES string of the molecule is COC(=O)[C@@H]1C2CC(C2)N(C(=O)OC(C)(C)C)N1C(=O)OC(C)(C)C. The van der Waals surface area contributed by atoms with Gasteiger partial charge in [-0.15, -0.1) is 0 Å². The van der Waals surface area contributed by atoms with E-state index in [2.05, 4.69) is 0 Å². The van der Waals surface area contributed by atoms with E-state index in [1.54, 1.807) is 41.5 Å². The second kappa shape index (κ2) is 6.38. The minimum absolute atomic E-state index is 0.0522. The Labute approximate surface area is 148 Å². The lowest BCUT2D eigenvalue weighted by Crippen LogP contribution is -2.72. The van der Waals surface area contributed by atoms with Crippen LogP contribution in [0.25, 0.3) is 0 Å². The number of ether oxygens (including phenoxy) is 3. The molecule has 1 saturated carbocycles. The fraction of sp³-hybridized carbons (Fsp3) is 0.824. The lowest BCUT2D eigenvalue weighted by Gasteiger charge is -2.56. The van der Waals surface area contributed by atoms with Gasteiger partial charge in [0.1, 0.15) is 11.2 Å². The van der Waals surface area contributed by atoms with Gasteiger partial charge in [-0.1, -0.05) is 0 Å². The highest BCUT2D eigenvalue weighted by atomic mass is 16.6. The molecule has 2 saturated heterocycles. The fourth-order valence-electron chi connectivity index (χ4n) is 3.07. The molecule has 1 aliphatic carbocycles. The molecule has 2 amide bonds. The monoisotopic (exact) mass is 356 g/mol. The third kappa shape index (κ3) is 4.16. The van der Waals surface area contributed by atoms with Crippen molar-refractivity contribution >= 4 is 18.2 Å². The maximum Gasteiger partial charge on any atom is 0.430 e. The first kappa shape index (κ1) is 19.3. The van der Waals surface area contributed by atoms with Crippen LogP contribution >= 0.6 is 0 Å². The van der Waals surface area contributed by atoms with E-state index < -0.39 is 35.4 Å². The van der Waals surface area contributed by atoms with Crippen molar-refractivity contribution < 1.29 is 28.6 Å². The van der Waals surface area contributed by atoms with Crippen LogP contribution in [0.2, 0.25) is 0 Å². The van der Waals surface area contributed by atoms with Gasteiger partial charge in [0.15, 0.2) is 6.04 Å². The van der Waals surface area contributed by atoms with Crippen LogP contribution in [-0.2, 0) is 19.0 Å². The van der Waals surface area contributed by atoms with Crippen molar-refractivity contribution in [3.63, 3.8) is 0 Å². The van der Waals surface area contributed by atoms with Gasteiger partial charge >= 0.3 is 18.2 Å². The van der Waals surface area contributed by atoms with Gasteiger partial charge in [-0.2, -0.15) is 5.01 Å². The molecular formula is C17H28N2O6. The molecule has 8 nitrogen and oxygen atoms in total. The predicted molar refractivity (Wildman–Crippen MR) is 88.5 cm³/mol. The Morgan fingerprint density at radius 1 is 0.840 bits per heavy atom. The average molecular weight is 356 g/mol. The van der Waals surface area contributed by atoms with E-state index in [0.717, 1.165) is 5.01 Å². The Hall–Kier alpha value is -1.99. The van der Waals surface area contributed by atoms with Crippen LogP contribution in [-0.4, -0.2) is 58.6 Å². The minimum atomic E-state index is -0.891. The summed E-state index contributed by atoms with van der Waals surface area (Å²) in [7, 11) is 1.26. The molecule has 0 aromatic rings. The van der Waals surface area contributed by atoms with Gasteiger partial charge in [0.05, 0.1) is 13.2 Å². The van der Waals surface area contributed by atoms with Crippen molar-refractivity contribution in [3.8, 4) is 0 Å². The van der Waals surface area contributed by atoms with Crippen LogP contribution in [0.1, 0.15) is 54.4 Å². The zero-order valence-corrected chi connectivity index (χ0v) is 16.0. The van der Waals surface area contributed by atoms with Gasteiger partial charge < -0.3 is 14.2 Å². The van der Waals surface area contributed by atoms with Gasteiger partial charge in [0.2, 0.25) is 0 Å². The third-order valence-electron chi connectivity index (χ3n) is 4.04. The Morgan fingerprint density at radius 2 is 1.28 bits per heavy atom. The topological polar surface area (TPSA) is 85.4 Å². The van der Waals surface area contributed by atoms with Crippen molar-refractivity contribution in [1.29, 1.82) is 0 Å². The fourth-order valence-corrected chi connectivity index (χ4v) is 3.07. The number of amides is 2. The number of hydrazine groups is 1. The summed E-state index contributed by atoms with van der Waals surface area (Å²) in [5.41, 5.74) is -1.49. The van der Waals surface area contributed by atoms with E-state index in [9.17, 15) is 14.4 Å². The third-order valence-corrected chi connectivity index (χ3v) is 4.04. The Kier molecular flexibility index (Phi) is 4.94. The summed E-state index contributed by atoms with van der Waals surface area (Å²) in [6, 6.07) is -1.08. The van der Waals surface area contributed by atoms with Gasteiger partial charge in [-0.25, -0.2) is 19.4 Å². The van der Waals surface area contributed by atoms with Crippen LogP contribution in [0.15, 0.2) is 0 Å². The number of methoxy groups -OCH3 is 1. The maximum absolute atomic E-state index is 12.7. The average Bonchev–Trinajstić information content (AvgIpc) is 2.40. The summed E-state index contributed by atoms with van der Waals surface area (Å²) in [5.74, 6) is -0.619. The van der Waals surface area contributed by atoms with E-state index >= 15 is 0 Å². The number of fused-ring (bicyclic) bond motifs is 2. The summed E-state index contributed by atoms with van der Waals surface area (Å²) in [6.07, 6.45) is -0.185. The van der Waals surface area contributed by atoms with E-state index in [0.29, 0.717) is 12.8 Å². The maximum atomic E-state index is 12.7. The van der Waals surface area contributed by atoms with E-state index in [1.165, 1.54) is 12.1 Å². The zero-order chi connectivity index (χ0) is 19.2. The quantitative estimate of drug-likeness (QED) is 0.530. The first-order valence-corrected chi connectivity index (χ1v) is 8.46. The Balaban J connectivity index is 2.34. The molecule has 0 unspecified atom stereocenters. The molecule has 142 valence electrons. The van der Waals surface area contributed by atoms with Gasteiger partial charge in [-0.3, -0.25) is 0 Å². The molecule has 3 aliphatic rings. The molecule has 8 heteroatoms. The molecule has 1 atom stereocenters. The first-order chi connectivity index (χ1) is 11.3. The molecule has 2 bridgehead atoms. The summed E-state index contributed by atoms with van der Waals surface area (Å²) < 4.78 is 15.7. The number of nitrogens with zero attached hydrogens (tertiary/aromatic N) is 2. The molecule has 25 heavy (non-hydrogen) atoms. The molecule has 0 aromatic heterocycles. The Bertz CT molecular complexity index is 556. The van der Waals surface area contributed by atoms with E-state index in [1.807, 2.05) is 0 Å². The van der Waals surface area contributed by atoms with Gasteiger partial charge in [-0.05, 0) is 60.3 Å². The Morgan fingerprint density at radius 3 is 1.68 bits per heavy atom. The summed E-state index contributed by atoms with van der Waals surface area (Å²) in [6.45, 7) is 10.4. The largest absolute Gasteiger partial charge is 0.467 e. The molecule has 0 radical (unpaired) electrons. The lowest BCUT2D eigenvalue weighted by molar-refractivity contribution is -0.194. The number of rotatable bonds is 1. The molecule has 2 heterocycles. The van der Waals surface area contributed by atoms with Crippen molar-refractivity contribution in [3.05, 3.63) is 0 Å². The summed E-state index contributed by atoms with van der Waals surface area (Å²) >= 11 is 0. The number of carbonyl (C=O) groups excluding carboxylic acids is 3. The lowest BCUT2D eigenvalue weighted by atomic mass is 9.72. The second-order valence-electron chi connectivity index (χ2n) is 8.50. The standard InChI is InChI=1S/C17H28N2O6/c1-16(2,3)24-14(21)18-11-8-10(9-11)12(13(20)23-7)19(18)15(22)25-17(4,5)6/h10-12H,8-9H2,1-7H3/t10?,11?,12-/m0/s1. The highest BCUT2D eigenvalue weighted by Gasteiger charge is 2.58. The van der Waals surface area contributed by atoms with Crippen LogP contribution in [0.3, 0.4) is 0 Å². The van der Waals surface area contributed by atoms with E-state index in [-0.39, 0.29) is 12.0 Å². The molecule has 3 fully saturated rings. The zero-order valence-electron chi connectivity index (χ0n) is 16.0. The second-order valence-corrected chi connectivity index (χ2v) is 8.50. The highest BCUT2D eigenvalue weighted by Crippen LogP contribution is 2.44. The van der Waals surface area contributed by atoms with Crippen molar-refractivity contribution in [2.75, 3.05) is 7.11 Å². The predicted octanol–water partition coefficient (Wildman–Crippen LogP) is 2.71.